The van der Waals surface area contributed by atoms with Crippen molar-refractivity contribution in [3.63, 3.8) is 0 Å². The zero-order valence-corrected chi connectivity index (χ0v) is 11.1. The van der Waals surface area contributed by atoms with E-state index < -0.39 is 0 Å². The molecule has 0 atom stereocenters. The quantitative estimate of drug-likeness (QED) is 0.513. The van der Waals surface area contributed by atoms with E-state index in [2.05, 4.69) is 24.2 Å². The molecular formula is C16H17NO2. The third kappa shape index (κ3) is 3.35. The normalized spacial score (nSPS) is 11.4. The number of aryl methyl sites for hydroxylation is 1. The summed E-state index contributed by atoms with van der Waals surface area (Å²) in [6.07, 6.45) is 0. The minimum absolute atomic E-state index is 0.555. The van der Waals surface area contributed by atoms with Crippen molar-refractivity contribution in [3.8, 4) is 5.75 Å². The molecule has 2 rings (SSSR count). The van der Waals surface area contributed by atoms with Gasteiger partial charge in [0.15, 0.2) is 0 Å². The van der Waals surface area contributed by atoms with Crippen LogP contribution in [0.25, 0.3) is 0 Å². The number of oxime groups is 1. The lowest BCUT2D eigenvalue weighted by molar-refractivity contribution is 0.305. The second-order valence-electron chi connectivity index (χ2n) is 4.42. The van der Waals surface area contributed by atoms with Gasteiger partial charge in [0.1, 0.15) is 12.4 Å². The van der Waals surface area contributed by atoms with E-state index in [1.54, 1.807) is 6.92 Å². The molecule has 0 fully saturated rings. The van der Waals surface area contributed by atoms with Crippen LogP contribution < -0.4 is 4.74 Å². The van der Waals surface area contributed by atoms with E-state index in [0.29, 0.717) is 12.3 Å². The fraction of sp³-hybridized carbons (Fsp3) is 0.188. The Kier molecular flexibility index (Phi) is 4.18. The van der Waals surface area contributed by atoms with Crippen LogP contribution in [0.2, 0.25) is 0 Å². The largest absolute Gasteiger partial charge is 0.489 e. The smallest absolute Gasteiger partial charge is 0.119 e. The number of hydrogen-bond donors (Lipinski definition) is 1. The van der Waals surface area contributed by atoms with Crippen molar-refractivity contribution < 1.29 is 9.94 Å². The van der Waals surface area contributed by atoms with Crippen LogP contribution >= 0.6 is 0 Å². The van der Waals surface area contributed by atoms with Gasteiger partial charge in [0.05, 0.1) is 5.71 Å². The Hall–Kier alpha value is -2.29. The average molecular weight is 255 g/mol. The van der Waals surface area contributed by atoms with Gasteiger partial charge in [-0.25, -0.2) is 0 Å². The van der Waals surface area contributed by atoms with Crippen LogP contribution in [0.15, 0.2) is 53.7 Å². The number of rotatable bonds is 4. The molecule has 0 aliphatic heterocycles. The van der Waals surface area contributed by atoms with E-state index in [4.69, 9.17) is 9.94 Å². The summed E-state index contributed by atoms with van der Waals surface area (Å²) in [5.74, 6) is 0.803. The number of benzene rings is 2. The molecule has 0 radical (unpaired) electrons. The standard InChI is InChI=1S/C16H17NO2/c1-12-5-3-4-6-15(12)11-19-16-9-7-14(8-10-16)13(2)17-18/h3-10,18H,11H2,1-2H3/b17-13+. The highest BCUT2D eigenvalue weighted by atomic mass is 16.5. The Labute approximate surface area is 113 Å². The highest BCUT2D eigenvalue weighted by Crippen LogP contribution is 2.16. The van der Waals surface area contributed by atoms with Crippen molar-refractivity contribution in [2.24, 2.45) is 5.16 Å². The van der Waals surface area contributed by atoms with E-state index in [0.717, 1.165) is 11.3 Å². The van der Waals surface area contributed by atoms with Crippen LogP contribution in [0.1, 0.15) is 23.6 Å². The SMILES string of the molecule is C/C(=N\O)c1ccc(OCc2ccccc2C)cc1. The highest BCUT2D eigenvalue weighted by Gasteiger charge is 2.01. The molecule has 0 aromatic heterocycles. The Morgan fingerprint density at radius 2 is 1.79 bits per heavy atom. The molecule has 3 heteroatoms. The van der Waals surface area contributed by atoms with Crippen molar-refractivity contribution in [1.29, 1.82) is 0 Å². The van der Waals surface area contributed by atoms with Gasteiger partial charge in [-0.3, -0.25) is 0 Å². The molecule has 19 heavy (non-hydrogen) atoms. The molecule has 0 spiro atoms. The molecule has 2 aromatic carbocycles. The molecule has 0 aliphatic carbocycles. The van der Waals surface area contributed by atoms with Crippen LogP contribution in [0, 0.1) is 6.92 Å². The molecular weight excluding hydrogens is 238 g/mol. The Morgan fingerprint density at radius 1 is 1.11 bits per heavy atom. The Bertz CT molecular complexity index is 574. The molecule has 0 unspecified atom stereocenters. The molecule has 0 saturated carbocycles. The fourth-order valence-corrected chi connectivity index (χ4v) is 1.78. The minimum Gasteiger partial charge on any atom is -0.489 e. The summed E-state index contributed by atoms with van der Waals surface area (Å²) >= 11 is 0. The van der Waals surface area contributed by atoms with Crippen molar-refractivity contribution in [2.45, 2.75) is 20.5 Å². The minimum atomic E-state index is 0.555. The summed E-state index contributed by atoms with van der Waals surface area (Å²) in [5.41, 5.74) is 3.87. The number of ether oxygens (including phenoxy) is 1. The van der Waals surface area contributed by atoms with Gasteiger partial charge in [-0.05, 0) is 54.8 Å². The summed E-state index contributed by atoms with van der Waals surface area (Å²) in [4.78, 5) is 0. The van der Waals surface area contributed by atoms with Gasteiger partial charge in [-0.2, -0.15) is 0 Å². The van der Waals surface area contributed by atoms with Gasteiger partial charge in [-0.1, -0.05) is 29.4 Å². The summed E-state index contributed by atoms with van der Waals surface area (Å²) in [6.45, 7) is 4.38. The number of nitrogens with zero attached hydrogens (tertiary/aromatic N) is 1. The van der Waals surface area contributed by atoms with Gasteiger partial charge >= 0.3 is 0 Å². The molecule has 98 valence electrons. The van der Waals surface area contributed by atoms with Crippen LogP contribution in [0.5, 0.6) is 5.75 Å². The lowest BCUT2D eigenvalue weighted by Crippen LogP contribution is -1.98. The molecule has 0 heterocycles. The van der Waals surface area contributed by atoms with Crippen molar-refractivity contribution in [2.75, 3.05) is 0 Å². The Balaban J connectivity index is 2.03. The molecule has 0 aliphatic rings. The Morgan fingerprint density at radius 3 is 2.42 bits per heavy atom. The van der Waals surface area contributed by atoms with Crippen molar-refractivity contribution in [1.82, 2.24) is 0 Å². The fourth-order valence-electron chi connectivity index (χ4n) is 1.78. The first-order valence-corrected chi connectivity index (χ1v) is 6.17. The molecule has 3 nitrogen and oxygen atoms in total. The lowest BCUT2D eigenvalue weighted by atomic mass is 10.1. The van der Waals surface area contributed by atoms with Crippen LogP contribution in [-0.2, 0) is 6.61 Å². The topological polar surface area (TPSA) is 41.8 Å². The molecule has 1 N–H and O–H groups in total. The van der Waals surface area contributed by atoms with E-state index in [1.165, 1.54) is 11.1 Å². The van der Waals surface area contributed by atoms with Crippen molar-refractivity contribution in [3.05, 3.63) is 65.2 Å². The zero-order chi connectivity index (χ0) is 13.7. The zero-order valence-electron chi connectivity index (χ0n) is 11.1. The monoisotopic (exact) mass is 255 g/mol. The second kappa shape index (κ2) is 6.05. The third-order valence-corrected chi connectivity index (χ3v) is 3.08. The van der Waals surface area contributed by atoms with E-state index >= 15 is 0 Å². The maximum Gasteiger partial charge on any atom is 0.119 e. The highest BCUT2D eigenvalue weighted by molar-refractivity contribution is 5.98. The number of hydrogen-bond acceptors (Lipinski definition) is 3. The van der Waals surface area contributed by atoms with Gasteiger partial charge < -0.3 is 9.94 Å². The molecule has 0 saturated heterocycles. The van der Waals surface area contributed by atoms with Crippen LogP contribution in [0.3, 0.4) is 0 Å². The summed E-state index contributed by atoms with van der Waals surface area (Å²) in [6, 6.07) is 15.7. The summed E-state index contributed by atoms with van der Waals surface area (Å²) < 4.78 is 5.74. The van der Waals surface area contributed by atoms with Crippen LogP contribution in [-0.4, -0.2) is 10.9 Å². The van der Waals surface area contributed by atoms with E-state index in [9.17, 15) is 0 Å². The first-order chi connectivity index (χ1) is 9.20. The average Bonchev–Trinajstić information content (AvgIpc) is 2.46. The van der Waals surface area contributed by atoms with Crippen molar-refractivity contribution >= 4 is 5.71 Å². The molecule has 2 aromatic rings. The van der Waals surface area contributed by atoms with Crippen LogP contribution in [0.4, 0.5) is 0 Å². The van der Waals surface area contributed by atoms with Gasteiger partial charge in [0.25, 0.3) is 0 Å². The van der Waals surface area contributed by atoms with E-state index in [1.807, 2.05) is 36.4 Å². The molecule has 0 amide bonds. The van der Waals surface area contributed by atoms with Gasteiger partial charge in [0, 0.05) is 0 Å². The van der Waals surface area contributed by atoms with Gasteiger partial charge in [-0.15, -0.1) is 0 Å². The van der Waals surface area contributed by atoms with Gasteiger partial charge in [0.2, 0.25) is 0 Å². The summed E-state index contributed by atoms with van der Waals surface area (Å²) in [5, 5.41) is 11.9. The molecule has 0 bridgehead atoms. The maximum atomic E-state index is 8.70. The first-order valence-electron chi connectivity index (χ1n) is 6.17. The lowest BCUT2D eigenvalue weighted by Gasteiger charge is -2.09. The maximum absolute atomic E-state index is 8.70. The van der Waals surface area contributed by atoms with E-state index in [-0.39, 0.29) is 0 Å². The predicted octanol–water partition coefficient (Wildman–Crippen LogP) is 3.77. The summed E-state index contributed by atoms with van der Waals surface area (Å²) in [7, 11) is 0. The third-order valence-electron chi connectivity index (χ3n) is 3.08. The second-order valence-corrected chi connectivity index (χ2v) is 4.42. The predicted molar refractivity (Wildman–Crippen MR) is 76.0 cm³/mol. The first kappa shape index (κ1) is 13.1.